The number of piperazine rings is 1. The number of likely N-dealkylation sites (N-methyl/N-ethyl adjacent to an activating group) is 1. The molecule has 0 radical (unpaired) electrons. The Morgan fingerprint density at radius 3 is 2.79 bits per heavy atom. The van der Waals surface area contributed by atoms with Crippen LogP contribution in [-0.2, 0) is 13.0 Å². The summed E-state index contributed by atoms with van der Waals surface area (Å²) in [5.74, 6) is 0.110. The summed E-state index contributed by atoms with van der Waals surface area (Å²) in [4.78, 5) is 22.3. The van der Waals surface area contributed by atoms with Gasteiger partial charge in [0.15, 0.2) is 5.01 Å². The van der Waals surface area contributed by atoms with Crippen molar-refractivity contribution in [3.8, 4) is 0 Å². The van der Waals surface area contributed by atoms with Crippen LogP contribution in [0.15, 0.2) is 0 Å². The van der Waals surface area contributed by atoms with Crippen LogP contribution in [0.2, 0.25) is 0 Å². The van der Waals surface area contributed by atoms with Gasteiger partial charge in [0.1, 0.15) is 0 Å². The molecular weight excluding hydrogens is 284 g/mol. The summed E-state index contributed by atoms with van der Waals surface area (Å²) in [7, 11) is 2.11. The van der Waals surface area contributed by atoms with E-state index in [1.54, 1.807) is 11.3 Å². The number of rotatable bonds is 1. The second kappa shape index (κ2) is 6.17. The number of aromatic nitrogens is 1. The standard InChI is InChI=1S/C12H18N4OS.ClH/c1-15-5-2-9-10(8-15)18-11(14-9)12(17)16-6-3-13-4-7-16;/h13H,2-8H2,1H3;1H. The zero-order valence-corrected chi connectivity index (χ0v) is 12.6. The van der Waals surface area contributed by atoms with E-state index >= 15 is 0 Å². The summed E-state index contributed by atoms with van der Waals surface area (Å²) < 4.78 is 0. The minimum Gasteiger partial charge on any atom is -0.334 e. The molecule has 0 unspecified atom stereocenters. The lowest BCUT2D eigenvalue weighted by Crippen LogP contribution is -2.46. The first-order chi connectivity index (χ1) is 8.74. The number of halogens is 1. The van der Waals surface area contributed by atoms with Crippen LogP contribution < -0.4 is 5.32 Å². The summed E-state index contributed by atoms with van der Waals surface area (Å²) in [6.45, 7) is 5.34. The average molecular weight is 303 g/mol. The molecule has 2 aliphatic rings. The number of hydrogen-bond acceptors (Lipinski definition) is 5. The number of fused-ring (bicyclic) bond motifs is 1. The molecule has 1 aromatic rings. The highest BCUT2D eigenvalue weighted by atomic mass is 35.5. The minimum absolute atomic E-state index is 0. The van der Waals surface area contributed by atoms with Crippen LogP contribution in [0.1, 0.15) is 20.4 Å². The zero-order valence-electron chi connectivity index (χ0n) is 11.0. The third kappa shape index (κ3) is 3.08. The van der Waals surface area contributed by atoms with Crippen LogP contribution in [0, 0.1) is 0 Å². The number of hydrogen-bond donors (Lipinski definition) is 1. The Balaban J connectivity index is 0.00000133. The molecule has 3 rings (SSSR count). The second-order valence-electron chi connectivity index (χ2n) is 4.92. The topological polar surface area (TPSA) is 48.5 Å². The molecule has 0 saturated carbocycles. The minimum atomic E-state index is 0. The summed E-state index contributed by atoms with van der Waals surface area (Å²) >= 11 is 1.58. The van der Waals surface area contributed by atoms with E-state index in [9.17, 15) is 4.79 Å². The van der Waals surface area contributed by atoms with E-state index in [-0.39, 0.29) is 18.3 Å². The number of nitrogens with one attached hydrogen (secondary N) is 1. The van der Waals surface area contributed by atoms with E-state index in [1.165, 1.54) is 4.88 Å². The van der Waals surface area contributed by atoms with Gasteiger partial charge in [-0.2, -0.15) is 0 Å². The molecule has 7 heteroatoms. The smallest absolute Gasteiger partial charge is 0.282 e. The van der Waals surface area contributed by atoms with Gasteiger partial charge in [-0.1, -0.05) is 0 Å². The van der Waals surface area contributed by atoms with E-state index in [2.05, 4.69) is 22.2 Å². The molecule has 2 aliphatic heterocycles. The van der Waals surface area contributed by atoms with Crippen molar-refractivity contribution < 1.29 is 4.79 Å². The number of thiazole rings is 1. The summed E-state index contributed by atoms with van der Waals surface area (Å²) in [5, 5.41) is 3.94. The molecule has 5 nitrogen and oxygen atoms in total. The Morgan fingerprint density at radius 1 is 1.32 bits per heavy atom. The Hall–Kier alpha value is -0.690. The van der Waals surface area contributed by atoms with Crippen molar-refractivity contribution in [1.82, 2.24) is 20.1 Å². The van der Waals surface area contributed by atoms with Gasteiger partial charge in [0, 0.05) is 50.6 Å². The second-order valence-corrected chi connectivity index (χ2v) is 6.00. The lowest BCUT2D eigenvalue weighted by Gasteiger charge is -2.26. The molecule has 3 heterocycles. The van der Waals surface area contributed by atoms with Crippen molar-refractivity contribution >= 4 is 29.7 Å². The van der Waals surface area contributed by atoms with Crippen LogP contribution in [0.5, 0.6) is 0 Å². The fourth-order valence-electron chi connectivity index (χ4n) is 2.42. The van der Waals surface area contributed by atoms with Gasteiger partial charge in [0.05, 0.1) is 5.69 Å². The zero-order chi connectivity index (χ0) is 12.5. The number of nitrogens with zero attached hydrogens (tertiary/aromatic N) is 3. The molecule has 0 spiro atoms. The van der Waals surface area contributed by atoms with E-state index in [0.717, 1.165) is 51.4 Å². The van der Waals surface area contributed by atoms with Crippen molar-refractivity contribution in [2.24, 2.45) is 0 Å². The first kappa shape index (κ1) is 14.7. The van der Waals surface area contributed by atoms with Crippen LogP contribution in [0.3, 0.4) is 0 Å². The van der Waals surface area contributed by atoms with Gasteiger partial charge in [0.2, 0.25) is 0 Å². The number of carbonyl (C=O) groups is 1. The van der Waals surface area contributed by atoms with Crippen molar-refractivity contribution in [2.75, 3.05) is 39.8 Å². The molecule has 1 saturated heterocycles. The molecule has 0 atom stereocenters. The van der Waals surface area contributed by atoms with Crippen LogP contribution in [-0.4, -0.2) is 60.5 Å². The molecule has 106 valence electrons. The van der Waals surface area contributed by atoms with Crippen molar-refractivity contribution in [1.29, 1.82) is 0 Å². The maximum atomic E-state index is 12.3. The van der Waals surface area contributed by atoms with Crippen LogP contribution in [0.4, 0.5) is 0 Å². The van der Waals surface area contributed by atoms with Gasteiger partial charge in [0.25, 0.3) is 5.91 Å². The molecular formula is C12H19ClN4OS. The van der Waals surface area contributed by atoms with Crippen molar-refractivity contribution in [2.45, 2.75) is 13.0 Å². The number of amides is 1. The summed E-state index contributed by atoms with van der Waals surface area (Å²) in [6.07, 6.45) is 0.969. The fraction of sp³-hybridized carbons (Fsp3) is 0.667. The molecule has 0 aliphatic carbocycles. The molecule has 1 amide bonds. The summed E-state index contributed by atoms with van der Waals surface area (Å²) in [5.41, 5.74) is 1.14. The van der Waals surface area contributed by atoms with Crippen molar-refractivity contribution in [3.05, 3.63) is 15.6 Å². The van der Waals surface area contributed by atoms with Gasteiger partial charge >= 0.3 is 0 Å². The van der Waals surface area contributed by atoms with Crippen LogP contribution in [0.25, 0.3) is 0 Å². The Labute approximate surface area is 123 Å². The maximum Gasteiger partial charge on any atom is 0.282 e. The molecule has 0 bridgehead atoms. The van der Waals surface area contributed by atoms with Gasteiger partial charge in [-0.05, 0) is 7.05 Å². The van der Waals surface area contributed by atoms with E-state index in [0.29, 0.717) is 5.01 Å². The van der Waals surface area contributed by atoms with Crippen molar-refractivity contribution in [3.63, 3.8) is 0 Å². The quantitative estimate of drug-likeness (QED) is 0.825. The maximum absolute atomic E-state index is 12.3. The molecule has 0 aromatic carbocycles. The highest BCUT2D eigenvalue weighted by Crippen LogP contribution is 2.25. The van der Waals surface area contributed by atoms with Gasteiger partial charge in [-0.25, -0.2) is 4.98 Å². The summed E-state index contributed by atoms with van der Waals surface area (Å²) in [6, 6.07) is 0. The predicted octanol–water partition coefficient (Wildman–Crippen LogP) is 0.598. The monoisotopic (exact) mass is 302 g/mol. The van der Waals surface area contributed by atoms with Gasteiger partial charge in [-0.3, -0.25) is 4.79 Å². The Morgan fingerprint density at radius 2 is 2.05 bits per heavy atom. The molecule has 1 N–H and O–H groups in total. The third-order valence-electron chi connectivity index (χ3n) is 3.51. The average Bonchev–Trinajstić information content (AvgIpc) is 2.81. The van der Waals surface area contributed by atoms with E-state index < -0.39 is 0 Å². The fourth-order valence-corrected chi connectivity index (χ4v) is 3.57. The SMILES string of the molecule is CN1CCc2nc(C(=O)N3CCNCC3)sc2C1.Cl. The Bertz CT molecular complexity index is 459. The molecule has 1 aromatic heterocycles. The lowest BCUT2D eigenvalue weighted by molar-refractivity contribution is 0.0735. The van der Waals surface area contributed by atoms with Crippen LogP contribution >= 0.6 is 23.7 Å². The molecule has 1 fully saturated rings. The highest BCUT2D eigenvalue weighted by Gasteiger charge is 2.25. The first-order valence-electron chi connectivity index (χ1n) is 6.41. The number of carbonyl (C=O) groups excluding carboxylic acids is 1. The Kier molecular flexibility index (Phi) is 4.78. The van der Waals surface area contributed by atoms with Gasteiger partial charge < -0.3 is 15.1 Å². The largest absolute Gasteiger partial charge is 0.334 e. The first-order valence-corrected chi connectivity index (χ1v) is 7.23. The van der Waals surface area contributed by atoms with E-state index in [1.807, 2.05) is 4.90 Å². The van der Waals surface area contributed by atoms with Gasteiger partial charge in [-0.15, -0.1) is 23.7 Å². The normalized spacial score (nSPS) is 19.7. The molecule has 19 heavy (non-hydrogen) atoms. The third-order valence-corrected chi connectivity index (χ3v) is 4.58. The highest BCUT2D eigenvalue weighted by molar-refractivity contribution is 7.13. The predicted molar refractivity (Wildman–Crippen MR) is 78.2 cm³/mol. The lowest BCUT2D eigenvalue weighted by atomic mass is 10.2. The van der Waals surface area contributed by atoms with E-state index in [4.69, 9.17) is 0 Å².